The van der Waals surface area contributed by atoms with Crippen molar-refractivity contribution in [2.75, 3.05) is 13.2 Å². The topological polar surface area (TPSA) is 66.6 Å². The number of aromatic nitrogens is 2. The first-order valence-electron chi connectivity index (χ1n) is 8.10. The zero-order valence-corrected chi connectivity index (χ0v) is 13.5. The summed E-state index contributed by atoms with van der Waals surface area (Å²) in [5.74, 6) is 2.56. The number of benzene rings is 1. The maximum Gasteiger partial charge on any atom is 0.256 e. The summed E-state index contributed by atoms with van der Waals surface area (Å²) in [6.07, 6.45) is 2.74. The smallest absolute Gasteiger partial charge is 0.256 e. The summed E-state index contributed by atoms with van der Waals surface area (Å²) in [5, 5.41) is 8.19. The van der Waals surface area contributed by atoms with E-state index in [1.165, 1.54) is 0 Å². The molecule has 1 aromatic carbocycles. The van der Waals surface area contributed by atoms with E-state index >= 15 is 0 Å². The van der Waals surface area contributed by atoms with Crippen molar-refractivity contribution < 1.29 is 18.6 Å². The number of nitrogens with zero attached hydrogens (tertiary/aromatic N) is 2. The summed E-state index contributed by atoms with van der Waals surface area (Å²) >= 11 is 0. The van der Waals surface area contributed by atoms with Crippen LogP contribution in [0.1, 0.15) is 57.1 Å². The number of hydrogen-bond acceptors (Lipinski definition) is 6. The van der Waals surface area contributed by atoms with Crippen LogP contribution >= 0.6 is 0 Å². The molecule has 6 nitrogen and oxygen atoms in total. The van der Waals surface area contributed by atoms with Gasteiger partial charge in [-0.3, -0.25) is 0 Å². The highest BCUT2D eigenvalue weighted by atomic mass is 16.5. The monoisotopic (exact) mass is 318 g/mol. The van der Waals surface area contributed by atoms with Crippen LogP contribution in [-0.4, -0.2) is 23.4 Å². The highest BCUT2D eigenvalue weighted by molar-refractivity contribution is 5.31. The highest BCUT2D eigenvalue weighted by Crippen LogP contribution is 2.29. The zero-order chi connectivity index (χ0) is 16.1. The fourth-order valence-electron chi connectivity index (χ4n) is 2.51. The van der Waals surface area contributed by atoms with Crippen LogP contribution in [0.25, 0.3) is 0 Å². The van der Waals surface area contributed by atoms with Crippen molar-refractivity contribution in [3.05, 3.63) is 36.0 Å². The summed E-state index contributed by atoms with van der Waals surface area (Å²) in [5.41, 5.74) is 0. The SMILES string of the molecule is CCOc1ccc(O[C@H](C)c2nnc([C@@H]3CCCCO3)o2)cc1. The van der Waals surface area contributed by atoms with Gasteiger partial charge in [0.25, 0.3) is 5.89 Å². The molecular formula is C17H22N2O4. The van der Waals surface area contributed by atoms with Crippen LogP contribution < -0.4 is 9.47 Å². The quantitative estimate of drug-likeness (QED) is 0.806. The zero-order valence-electron chi connectivity index (χ0n) is 13.5. The van der Waals surface area contributed by atoms with Gasteiger partial charge in [-0.2, -0.15) is 0 Å². The van der Waals surface area contributed by atoms with E-state index in [2.05, 4.69) is 10.2 Å². The molecule has 0 unspecified atom stereocenters. The minimum atomic E-state index is -0.321. The number of ether oxygens (including phenoxy) is 3. The fraction of sp³-hybridized carbons (Fsp3) is 0.529. The summed E-state index contributed by atoms with van der Waals surface area (Å²) in [6.45, 7) is 5.23. The molecule has 1 aromatic heterocycles. The Kier molecular flexibility index (Phi) is 5.12. The van der Waals surface area contributed by atoms with Crippen molar-refractivity contribution in [3.63, 3.8) is 0 Å². The molecular weight excluding hydrogens is 296 g/mol. The van der Waals surface area contributed by atoms with Crippen LogP contribution in [0.4, 0.5) is 0 Å². The van der Waals surface area contributed by atoms with Crippen molar-refractivity contribution in [2.45, 2.75) is 45.3 Å². The van der Waals surface area contributed by atoms with Crippen LogP contribution in [0.5, 0.6) is 11.5 Å². The van der Waals surface area contributed by atoms with Gasteiger partial charge in [-0.25, -0.2) is 0 Å². The molecule has 0 aliphatic carbocycles. The molecule has 0 N–H and O–H groups in total. The standard InChI is InChI=1S/C17H22N2O4/c1-3-20-13-7-9-14(10-8-13)22-12(2)16-18-19-17(23-16)15-6-4-5-11-21-15/h7-10,12,15H,3-6,11H2,1-2H3/t12-,15+/m1/s1. The fourth-order valence-corrected chi connectivity index (χ4v) is 2.51. The van der Waals surface area contributed by atoms with E-state index in [-0.39, 0.29) is 12.2 Å². The third kappa shape index (κ3) is 4.01. The Morgan fingerprint density at radius 1 is 1.17 bits per heavy atom. The molecule has 1 saturated heterocycles. The second-order valence-electron chi connectivity index (χ2n) is 5.50. The van der Waals surface area contributed by atoms with Gasteiger partial charge >= 0.3 is 0 Å². The third-order valence-electron chi connectivity index (χ3n) is 3.71. The molecule has 0 saturated carbocycles. The van der Waals surface area contributed by atoms with Crippen molar-refractivity contribution in [1.29, 1.82) is 0 Å². The molecule has 0 bridgehead atoms. The Labute approximate surface area is 135 Å². The number of rotatable bonds is 6. The van der Waals surface area contributed by atoms with E-state index in [0.717, 1.165) is 37.4 Å². The minimum Gasteiger partial charge on any atom is -0.494 e. The van der Waals surface area contributed by atoms with E-state index < -0.39 is 0 Å². The predicted molar refractivity (Wildman–Crippen MR) is 83.5 cm³/mol. The van der Waals surface area contributed by atoms with E-state index in [1.807, 2.05) is 38.1 Å². The molecule has 1 aliphatic rings. The van der Waals surface area contributed by atoms with Gasteiger partial charge in [0.05, 0.1) is 6.61 Å². The van der Waals surface area contributed by atoms with E-state index in [4.69, 9.17) is 18.6 Å². The Bertz CT molecular complexity index is 605. The summed E-state index contributed by atoms with van der Waals surface area (Å²) < 4.78 is 22.6. The maximum atomic E-state index is 5.84. The average molecular weight is 318 g/mol. The maximum absolute atomic E-state index is 5.84. The first-order valence-corrected chi connectivity index (χ1v) is 8.10. The van der Waals surface area contributed by atoms with Gasteiger partial charge in [0, 0.05) is 6.61 Å². The molecule has 2 aromatic rings. The van der Waals surface area contributed by atoms with Crippen LogP contribution in [0.15, 0.2) is 28.7 Å². The molecule has 0 amide bonds. The average Bonchev–Trinajstić information content (AvgIpc) is 3.08. The molecule has 23 heavy (non-hydrogen) atoms. The van der Waals surface area contributed by atoms with Crippen LogP contribution in [-0.2, 0) is 4.74 Å². The predicted octanol–water partition coefficient (Wildman–Crippen LogP) is 3.85. The van der Waals surface area contributed by atoms with Crippen molar-refractivity contribution in [1.82, 2.24) is 10.2 Å². The minimum absolute atomic E-state index is 0.0809. The Balaban J connectivity index is 1.61. The highest BCUT2D eigenvalue weighted by Gasteiger charge is 2.24. The van der Waals surface area contributed by atoms with E-state index in [9.17, 15) is 0 Å². The molecule has 3 rings (SSSR count). The van der Waals surface area contributed by atoms with Gasteiger partial charge in [0.15, 0.2) is 6.10 Å². The lowest BCUT2D eigenvalue weighted by molar-refractivity contribution is -0.00312. The summed E-state index contributed by atoms with van der Waals surface area (Å²) in [6, 6.07) is 7.48. The van der Waals surface area contributed by atoms with Gasteiger partial charge in [-0.1, -0.05) is 0 Å². The summed E-state index contributed by atoms with van der Waals surface area (Å²) in [4.78, 5) is 0. The first-order chi connectivity index (χ1) is 11.3. The van der Waals surface area contributed by atoms with Crippen LogP contribution in [0.2, 0.25) is 0 Å². The Hall–Kier alpha value is -2.08. The Morgan fingerprint density at radius 3 is 2.65 bits per heavy atom. The molecule has 0 radical (unpaired) electrons. The third-order valence-corrected chi connectivity index (χ3v) is 3.71. The molecule has 0 spiro atoms. The van der Waals surface area contributed by atoms with Gasteiger partial charge < -0.3 is 18.6 Å². The van der Waals surface area contributed by atoms with Gasteiger partial charge in [0.1, 0.15) is 17.6 Å². The molecule has 1 fully saturated rings. The van der Waals surface area contributed by atoms with Crippen molar-refractivity contribution in [3.8, 4) is 11.5 Å². The number of hydrogen-bond donors (Lipinski definition) is 0. The molecule has 2 heterocycles. The lowest BCUT2D eigenvalue weighted by Gasteiger charge is -2.19. The lowest BCUT2D eigenvalue weighted by atomic mass is 10.1. The second kappa shape index (κ2) is 7.46. The van der Waals surface area contributed by atoms with Crippen molar-refractivity contribution in [2.24, 2.45) is 0 Å². The van der Waals surface area contributed by atoms with Gasteiger partial charge in [0.2, 0.25) is 5.89 Å². The molecule has 2 atom stereocenters. The first kappa shape index (κ1) is 15.8. The second-order valence-corrected chi connectivity index (χ2v) is 5.50. The van der Waals surface area contributed by atoms with Crippen molar-refractivity contribution >= 4 is 0 Å². The van der Waals surface area contributed by atoms with Gasteiger partial charge in [-0.15, -0.1) is 10.2 Å². The molecule has 6 heteroatoms. The normalized spacial score (nSPS) is 19.3. The van der Waals surface area contributed by atoms with E-state index in [1.54, 1.807) is 0 Å². The van der Waals surface area contributed by atoms with Crippen LogP contribution in [0, 0.1) is 0 Å². The Morgan fingerprint density at radius 2 is 1.96 bits per heavy atom. The molecule has 124 valence electrons. The summed E-state index contributed by atoms with van der Waals surface area (Å²) in [7, 11) is 0. The largest absolute Gasteiger partial charge is 0.494 e. The lowest BCUT2D eigenvalue weighted by Crippen LogP contribution is -2.11. The van der Waals surface area contributed by atoms with Gasteiger partial charge in [-0.05, 0) is 57.4 Å². The van der Waals surface area contributed by atoms with E-state index in [0.29, 0.717) is 18.4 Å². The molecule has 1 aliphatic heterocycles. The van der Waals surface area contributed by atoms with Crippen LogP contribution in [0.3, 0.4) is 0 Å².